The number of hydrogen-bond acceptors (Lipinski definition) is 4. The number of carbonyl (C=O) groups is 1. The van der Waals surface area contributed by atoms with Gasteiger partial charge in [0, 0.05) is 31.7 Å². The maximum absolute atomic E-state index is 11.1. The molecule has 6 heteroatoms. The maximum atomic E-state index is 11.1. The van der Waals surface area contributed by atoms with Gasteiger partial charge in [0.1, 0.15) is 5.82 Å². The highest BCUT2D eigenvalue weighted by molar-refractivity contribution is 6.33. The van der Waals surface area contributed by atoms with Gasteiger partial charge in [-0.25, -0.2) is 9.78 Å². The number of hydrogen-bond donors (Lipinski definition) is 2. The molecule has 0 aliphatic carbocycles. The van der Waals surface area contributed by atoms with E-state index in [0.717, 1.165) is 16.9 Å². The second kappa shape index (κ2) is 6.01. The number of aromatic carboxylic acids is 1. The molecule has 0 fully saturated rings. The van der Waals surface area contributed by atoms with E-state index >= 15 is 0 Å². The van der Waals surface area contributed by atoms with Crippen LogP contribution >= 0.6 is 11.6 Å². The molecule has 2 rings (SSSR count). The van der Waals surface area contributed by atoms with E-state index < -0.39 is 5.97 Å². The lowest BCUT2D eigenvalue weighted by Gasteiger charge is -2.17. The van der Waals surface area contributed by atoms with Gasteiger partial charge in [0.05, 0.1) is 10.6 Å². The summed E-state index contributed by atoms with van der Waals surface area (Å²) in [5.74, 6) is -0.645. The highest BCUT2D eigenvalue weighted by atomic mass is 35.5. The van der Waals surface area contributed by atoms with Gasteiger partial charge in [-0.1, -0.05) is 17.7 Å². The van der Waals surface area contributed by atoms with Gasteiger partial charge in [-0.2, -0.15) is 0 Å². The number of aryl methyl sites for hydroxylation is 1. The predicted molar refractivity (Wildman–Crippen MR) is 85.0 cm³/mol. The third-order valence-electron chi connectivity index (χ3n) is 3.05. The molecule has 0 unspecified atom stereocenters. The fraction of sp³-hybridized carbons (Fsp3) is 0.200. The molecule has 2 N–H and O–H groups in total. The minimum Gasteiger partial charge on any atom is -0.478 e. The van der Waals surface area contributed by atoms with Crippen LogP contribution in [0.2, 0.25) is 5.02 Å². The van der Waals surface area contributed by atoms with E-state index in [-0.39, 0.29) is 10.6 Å². The number of rotatable bonds is 4. The number of carboxylic acids is 1. The van der Waals surface area contributed by atoms with Crippen LogP contribution in [-0.4, -0.2) is 30.2 Å². The summed E-state index contributed by atoms with van der Waals surface area (Å²) < 4.78 is 0. The fourth-order valence-corrected chi connectivity index (χ4v) is 2.17. The molecule has 21 heavy (non-hydrogen) atoms. The second-order valence-corrected chi connectivity index (χ2v) is 5.28. The lowest BCUT2D eigenvalue weighted by atomic mass is 10.1. The number of aromatic nitrogens is 1. The number of halogens is 1. The summed E-state index contributed by atoms with van der Waals surface area (Å²) in [6.45, 7) is 2.03. The average Bonchev–Trinajstić information content (AvgIpc) is 2.42. The van der Waals surface area contributed by atoms with Crippen LogP contribution in [0.3, 0.4) is 0 Å². The number of benzene rings is 1. The number of carboxylic acid groups (broad SMARTS) is 1. The zero-order chi connectivity index (χ0) is 15.6. The fourth-order valence-electron chi connectivity index (χ4n) is 1.99. The third-order valence-corrected chi connectivity index (χ3v) is 3.35. The van der Waals surface area contributed by atoms with E-state index in [1.54, 1.807) is 0 Å². The number of nitrogens with zero attached hydrogens (tertiary/aromatic N) is 2. The minimum atomic E-state index is -1.08. The molecule has 0 amide bonds. The van der Waals surface area contributed by atoms with Crippen molar-refractivity contribution in [3.63, 3.8) is 0 Å². The van der Waals surface area contributed by atoms with E-state index in [4.69, 9.17) is 16.7 Å². The first-order chi connectivity index (χ1) is 9.88. The Labute approximate surface area is 128 Å². The number of anilines is 3. The van der Waals surface area contributed by atoms with E-state index in [0.29, 0.717) is 5.82 Å². The lowest BCUT2D eigenvalue weighted by molar-refractivity contribution is 0.0697. The van der Waals surface area contributed by atoms with Crippen molar-refractivity contribution in [2.75, 3.05) is 24.3 Å². The van der Waals surface area contributed by atoms with Gasteiger partial charge < -0.3 is 15.3 Å². The Kier molecular flexibility index (Phi) is 4.33. The normalized spacial score (nSPS) is 10.3. The van der Waals surface area contributed by atoms with Crippen LogP contribution in [-0.2, 0) is 0 Å². The first kappa shape index (κ1) is 15.1. The maximum Gasteiger partial charge on any atom is 0.337 e. The third kappa shape index (κ3) is 3.44. The van der Waals surface area contributed by atoms with Crippen LogP contribution in [0.4, 0.5) is 17.2 Å². The van der Waals surface area contributed by atoms with E-state index in [2.05, 4.69) is 10.3 Å². The molecule has 1 aromatic heterocycles. The monoisotopic (exact) mass is 305 g/mol. The predicted octanol–water partition coefficient (Wildman–Crippen LogP) is 3.55. The Morgan fingerprint density at radius 3 is 2.67 bits per heavy atom. The zero-order valence-corrected chi connectivity index (χ0v) is 12.8. The highest BCUT2D eigenvalue weighted by Crippen LogP contribution is 2.26. The van der Waals surface area contributed by atoms with Gasteiger partial charge in [-0.3, -0.25) is 0 Å². The van der Waals surface area contributed by atoms with Crippen molar-refractivity contribution in [1.29, 1.82) is 0 Å². The summed E-state index contributed by atoms with van der Waals surface area (Å²) >= 11 is 5.80. The van der Waals surface area contributed by atoms with Gasteiger partial charge in [0.15, 0.2) is 0 Å². The smallest absolute Gasteiger partial charge is 0.337 e. The number of pyridine rings is 1. The molecule has 0 aliphatic rings. The first-order valence-electron chi connectivity index (χ1n) is 6.32. The molecule has 0 spiro atoms. The Balaban J connectivity index is 2.32. The van der Waals surface area contributed by atoms with Gasteiger partial charge in [0.2, 0.25) is 0 Å². The summed E-state index contributed by atoms with van der Waals surface area (Å²) in [6, 6.07) is 7.30. The van der Waals surface area contributed by atoms with Crippen molar-refractivity contribution in [1.82, 2.24) is 4.98 Å². The zero-order valence-electron chi connectivity index (χ0n) is 12.0. The minimum absolute atomic E-state index is 0.0223. The first-order valence-corrected chi connectivity index (χ1v) is 6.70. The summed E-state index contributed by atoms with van der Waals surface area (Å²) in [5, 5.41) is 12.3. The van der Waals surface area contributed by atoms with Crippen LogP contribution < -0.4 is 10.2 Å². The van der Waals surface area contributed by atoms with Crippen LogP contribution in [0.5, 0.6) is 0 Å². The average molecular weight is 306 g/mol. The molecule has 1 heterocycles. The SMILES string of the molecule is Cc1ccc(Nc2cc(C(=O)O)c(Cl)cn2)cc1N(C)C. The molecule has 0 radical (unpaired) electrons. The molecule has 2 aromatic rings. The summed E-state index contributed by atoms with van der Waals surface area (Å²) in [6.07, 6.45) is 1.33. The van der Waals surface area contributed by atoms with Crippen molar-refractivity contribution < 1.29 is 9.90 Å². The van der Waals surface area contributed by atoms with E-state index in [1.807, 2.05) is 44.1 Å². The molecule has 0 bridgehead atoms. The standard InChI is InChI=1S/C15H16ClN3O2/c1-9-4-5-10(6-13(9)19(2)3)18-14-7-11(15(20)21)12(16)8-17-14/h4-8H,1-3H3,(H,17,18)(H,20,21). The Morgan fingerprint density at radius 2 is 2.05 bits per heavy atom. The topological polar surface area (TPSA) is 65.5 Å². The molecular formula is C15H16ClN3O2. The summed E-state index contributed by atoms with van der Waals surface area (Å²) in [5.41, 5.74) is 3.08. The molecule has 0 aliphatic heterocycles. The van der Waals surface area contributed by atoms with Gasteiger partial charge in [-0.05, 0) is 30.7 Å². The van der Waals surface area contributed by atoms with Crippen LogP contribution in [0.15, 0.2) is 30.5 Å². The van der Waals surface area contributed by atoms with Crippen molar-refractivity contribution >= 4 is 34.8 Å². The van der Waals surface area contributed by atoms with E-state index in [9.17, 15) is 4.79 Å². The Bertz CT molecular complexity index is 687. The molecular weight excluding hydrogens is 290 g/mol. The largest absolute Gasteiger partial charge is 0.478 e. The van der Waals surface area contributed by atoms with Crippen LogP contribution in [0, 0.1) is 6.92 Å². The lowest BCUT2D eigenvalue weighted by Crippen LogP contribution is -2.10. The molecule has 1 aromatic carbocycles. The number of nitrogens with one attached hydrogen (secondary N) is 1. The second-order valence-electron chi connectivity index (χ2n) is 4.88. The van der Waals surface area contributed by atoms with Gasteiger partial charge >= 0.3 is 5.97 Å². The molecule has 110 valence electrons. The van der Waals surface area contributed by atoms with Gasteiger partial charge in [-0.15, -0.1) is 0 Å². The molecule has 0 saturated carbocycles. The summed E-state index contributed by atoms with van der Waals surface area (Å²) in [7, 11) is 3.93. The summed E-state index contributed by atoms with van der Waals surface area (Å²) in [4.78, 5) is 17.2. The van der Waals surface area contributed by atoms with Gasteiger partial charge in [0.25, 0.3) is 0 Å². The van der Waals surface area contributed by atoms with Crippen molar-refractivity contribution in [3.8, 4) is 0 Å². The quantitative estimate of drug-likeness (QED) is 0.904. The molecule has 0 saturated heterocycles. The van der Waals surface area contributed by atoms with E-state index in [1.165, 1.54) is 12.3 Å². The molecule has 0 atom stereocenters. The van der Waals surface area contributed by atoms with Crippen molar-refractivity contribution in [2.24, 2.45) is 0 Å². The van der Waals surface area contributed by atoms with Crippen LogP contribution in [0.1, 0.15) is 15.9 Å². The Morgan fingerprint density at radius 1 is 1.33 bits per heavy atom. The van der Waals surface area contributed by atoms with Crippen molar-refractivity contribution in [3.05, 3.63) is 46.6 Å². The molecule has 5 nitrogen and oxygen atoms in total. The highest BCUT2D eigenvalue weighted by Gasteiger charge is 2.11. The van der Waals surface area contributed by atoms with Crippen molar-refractivity contribution in [2.45, 2.75) is 6.92 Å². The Hall–Kier alpha value is -2.27. The van der Waals surface area contributed by atoms with Crippen LogP contribution in [0.25, 0.3) is 0 Å².